The van der Waals surface area contributed by atoms with E-state index in [1.54, 1.807) is 12.1 Å². The van der Waals surface area contributed by atoms with Crippen LogP contribution in [0.1, 0.15) is 46.6 Å². The second-order valence-corrected chi connectivity index (χ2v) is 8.24. The number of methoxy groups -OCH3 is 1. The molecular weight excluding hydrogens is 396 g/mol. The molecule has 0 fully saturated rings. The molecule has 1 heterocycles. The van der Waals surface area contributed by atoms with E-state index in [4.69, 9.17) is 26.8 Å². The van der Waals surface area contributed by atoms with E-state index in [1.165, 1.54) is 7.11 Å². The number of nitrogens with one attached hydrogen (secondary N) is 1. The first-order valence-electron chi connectivity index (χ1n) is 9.49. The zero-order chi connectivity index (χ0) is 21.8. The molecule has 0 saturated carbocycles. The highest BCUT2D eigenvalue weighted by Crippen LogP contribution is 2.28. The number of imidazole rings is 1. The van der Waals surface area contributed by atoms with Crippen molar-refractivity contribution >= 4 is 40.5 Å². The van der Waals surface area contributed by atoms with Gasteiger partial charge in [-0.2, -0.15) is 0 Å². The van der Waals surface area contributed by atoms with Crippen molar-refractivity contribution in [1.82, 2.24) is 14.9 Å². The number of hydrogen-bond donors (Lipinski definition) is 2. The number of hydrogen-bond acceptors (Lipinski definition) is 6. The minimum atomic E-state index is -0.889. The van der Waals surface area contributed by atoms with Gasteiger partial charge in [-0.1, -0.05) is 18.5 Å². The van der Waals surface area contributed by atoms with Crippen molar-refractivity contribution in [2.24, 2.45) is 0 Å². The van der Waals surface area contributed by atoms with Gasteiger partial charge in [-0.3, -0.25) is 4.79 Å². The van der Waals surface area contributed by atoms with E-state index in [9.17, 15) is 9.59 Å². The van der Waals surface area contributed by atoms with Crippen LogP contribution in [0.5, 0.6) is 0 Å². The standard InChI is InChI=1S/C20H29ClN4O4/c1-6-13(25-16-8-7-12(21)9-14(16)24-19(25)22)10-17(26)23-15(18(27)28-5)11-29-20(2,3)4/h7-9,13,15H,6,10-11H2,1-5H3,(H2,22,24)(H,23,26)/t13-,15+/m0/s1. The van der Waals surface area contributed by atoms with Crippen LogP contribution in [0.4, 0.5) is 5.95 Å². The van der Waals surface area contributed by atoms with Crippen molar-refractivity contribution in [1.29, 1.82) is 0 Å². The van der Waals surface area contributed by atoms with Gasteiger partial charge in [-0.25, -0.2) is 9.78 Å². The van der Waals surface area contributed by atoms with Crippen LogP contribution in [0.3, 0.4) is 0 Å². The number of fused-ring (bicyclic) bond motifs is 1. The highest BCUT2D eigenvalue weighted by molar-refractivity contribution is 6.31. The molecule has 2 rings (SSSR count). The molecule has 0 saturated heterocycles. The minimum absolute atomic E-state index is 0.0212. The van der Waals surface area contributed by atoms with E-state index in [0.29, 0.717) is 22.9 Å². The van der Waals surface area contributed by atoms with Gasteiger partial charge in [0.05, 0.1) is 30.4 Å². The lowest BCUT2D eigenvalue weighted by atomic mass is 10.1. The number of carbonyl (C=O) groups is 2. The highest BCUT2D eigenvalue weighted by Gasteiger charge is 2.26. The van der Waals surface area contributed by atoms with E-state index < -0.39 is 17.6 Å². The summed E-state index contributed by atoms with van der Waals surface area (Å²) in [5, 5.41) is 3.27. The molecule has 2 atom stereocenters. The maximum Gasteiger partial charge on any atom is 0.330 e. The smallest absolute Gasteiger partial charge is 0.330 e. The van der Waals surface area contributed by atoms with E-state index in [2.05, 4.69) is 10.3 Å². The van der Waals surface area contributed by atoms with Gasteiger partial charge < -0.3 is 25.1 Å². The van der Waals surface area contributed by atoms with Crippen LogP contribution in [-0.2, 0) is 19.1 Å². The van der Waals surface area contributed by atoms with Crippen molar-refractivity contribution in [2.75, 3.05) is 19.5 Å². The zero-order valence-corrected chi connectivity index (χ0v) is 18.2. The number of halogens is 1. The highest BCUT2D eigenvalue weighted by atomic mass is 35.5. The summed E-state index contributed by atoms with van der Waals surface area (Å²) in [6.45, 7) is 7.59. The monoisotopic (exact) mass is 424 g/mol. The summed E-state index contributed by atoms with van der Waals surface area (Å²) in [5.41, 5.74) is 7.12. The summed E-state index contributed by atoms with van der Waals surface area (Å²) in [6.07, 6.45) is 0.769. The molecule has 0 unspecified atom stereocenters. The fraction of sp³-hybridized carbons (Fsp3) is 0.550. The first-order valence-corrected chi connectivity index (χ1v) is 9.87. The molecule has 3 N–H and O–H groups in total. The average Bonchev–Trinajstić information content (AvgIpc) is 2.96. The Balaban J connectivity index is 2.16. The first kappa shape index (κ1) is 23.0. The second kappa shape index (κ2) is 9.45. The second-order valence-electron chi connectivity index (χ2n) is 7.81. The molecule has 0 aliphatic heterocycles. The van der Waals surface area contributed by atoms with Crippen LogP contribution in [0.25, 0.3) is 11.0 Å². The Morgan fingerprint density at radius 1 is 1.34 bits per heavy atom. The van der Waals surface area contributed by atoms with Crippen molar-refractivity contribution < 1.29 is 19.1 Å². The van der Waals surface area contributed by atoms with Crippen LogP contribution in [0.2, 0.25) is 5.02 Å². The molecule has 0 aliphatic rings. The summed E-state index contributed by atoms with van der Waals surface area (Å²) in [4.78, 5) is 29.1. The third-order valence-electron chi connectivity index (χ3n) is 4.44. The Bertz CT molecular complexity index is 875. The minimum Gasteiger partial charge on any atom is -0.467 e. The number of nitrogen functional groups attached to an aromatic ring is 1. The Morgan fingerprint density at radius 2 is 2.03 bits per heavy atom. The molecule has 1 amide bonds. The van der Waals surface area contributed by atoms with Gasteiger partial charge in [0.25, 0.3) is 0 Å². The fourth-order valence-corrected chi connectivity index (χ4v) is 3.17. The van der Waals surface area contributed by atoms with Crippen molar-refractivity contribution in [3.8, 4) is 0 Å². The van der Waals surface area contributed by atoms with E-state index in [-0.39, 0.29) is 25.0 Å². The summed E-state index contributed by atoms with van der Waals surface area (Å²) >= 11 is 6.03. The number of aromatic nitrogens is 2. The maximum absolute atomic E-state index is 12.7. The maximum atomic E-state index is 12.7. The average molecular weight is 425 g/mol. The Hall–Kier alpha value is -2.32. The van der Waals surface area contributed by atoms with E-state index in [0.717, 1.165) is 5.52 Å². The van der Waals surface area contributed by atoms with E-state index in [1.807, 2.05) is 38.3 Å². The first-order chi connectivity index (χ1) is 13.6. The molecule has 0 bridgehead atoms. The lowest BCUT2D eigenvalue weighted by molar-refractivity contribution is -0.148. The molecule has 0 aliphatic carbocycles. The number of carbonyl (C=O) groups excluding carboxylic acids is 2. The third kappa shape index (κ3) is 6.08. The Labute approximate surface area is 175 Å². The molecular formula is C20H29ClN4O4. The molecule has 1 aromatic heterocycles. The number of nitrogens with two attached hydrogens (primary N) is 1. The van der Waals surface area contributed by atoms with Gasteiger partial charge in [0.1, 0.15) is 0 Å². The van der Waals surface area contributed by atoms with Crippen LogP contribution in [0, 0.1) is 0 Å². The van der Waals surface area contributed by atoms with Gasteiger partial charge in [0.2, 0.25) is 11.9 Å². The summed E-state index contributed by atoms with van der Waals surface area (Å²) in [6, 6.07) is 4.19. The number of nitrogens with zero attached hydrogens (tertiary/aromatic N) is 2. The number of benzene rings is 1. The molecule has 2 aromatic rings. The third-order valence-corrected chi connectivity index (χ3v) is 4.68. The van der Waals surface area contributed by atoms with E-state index >= 15 is 0 Å². The van der Waals surface area contributed by atoms with Gasteiger partial charge >= 0.3 is 5.97 Å². The number of rotatable bonds is 8. The number of ether oxygens (including phenoxy) is 2. The Morgan fingerprint density at radius 3 is 2.62 bits per heavy atom. The SMILES string of the molecule is CC[C@@H](CC(=O)N[C@H](COC(C)(C)C)C(=O)OC)n1c(N)nc2cc(Cl)ccc21. The van der Waals surface area contributed by atoms with Crippen LogP contribution < -0.4 is 11.1 Å². The molecule has 1 aromatic carbocycles. The lowest BCUT2D eigenvalue weighted by Crippen LogP contribution is -2.46. The molecule has 0 spiro atoms. The lowest BCUT2D eigenvalue weighted by Gasteiger charge is -2.25. The number of amides is 1. The van der Waals surface area contributed by atoms with Gasteiger partial charge in [-0.05, 0) is 45.4 Å². The Kier molecular flexibility index (Phi) is 7.48. The van der Waals surface area contributed by atoms with Gasteiger partial charge in [-0.15, -0.1) is 0 Å². The van der Waals surface area contributed by atoms with Gasteiger partial charge in [0.15, 0.2) is 6.04 Å². The predicted octanol–water partition coefficient (Wildman–Crippen LogP) is 3.09. The van der Waals surface area contributed by atoms with Crippen molar-refractivity contribution in [3.63, 3.8) is 0 Å². The van der Waals surface area contributed by atoms with Crippen molar-refractivity contribution in [3.05, 3.63) is 23.2 Å². The molecule has 8 nitrogen and oxygen atoms in total. The normalized spacial score (nSPS) is 13.9. The molecule has 29 heavy (non-hydrogen) atoms. The fourth-order valence-electron chi connectivity index (χ4n) is 3.00. The predicted molar refractivity (Wildman–Crippen MR) is 113 cm³/mol. The summed E-state index contributed by atoms with van der Waals surface area (Å²) < 4.78 is 12.3. The number of anilines is 1. The van der Waals surface area contributed by atoms with Crippen LogP contribution >= 0.6 is 11.6 Å². The van der Waals surface area contributed by atoms with Crippen LogP contribution in [0.15, 0.2) is 18.2 Å². The zero-order valence-electron chi connectivity index (χ0n) is 17.5. The summed E-state index contributed by atoms with van der Waals surface area (Å²) in [7, 11) is 1.27. The quantitative estimate of drug-likeness (QED) is 0.630. The summed E-state index contributed by atoms with van der Waals surface area (Å²) in [5.74, 6) is -0.555. The molecule has 0 radical (unpaired) electrons. The molecule has 160 valence electrons. The molecule has 9 heteroatoms. The topological polar surface area (TPSA) is 108 Å². The van der Waals surface area contributed by atoms with Gasteiger partial charge in [0, 0.05) is 17.5 Å². The van der Waals surface area contributed by atoms with Crippen LogP contribution in [-0.4, -0.2) is 46.8 Å². The number of esters is 1. The van der Waals surface area contributed by atoms with Crippen molar-refractivity contribution in [2.45, 2.75) is 58.2 Å². The largest absolute Gasteiger partial charge is 0.467 e.